The van der Waals surface area contributed by atoms with Crippen molar-refractivity contribution in [3.05, 3.63) is 35.4 Å². The molecule has 0 aliphatic carbocycles. The predicted octanol–water partition coefficient (Wildman–Crippen LogP) is 4.87. The first-order valence-corrected chi connectivity index (χ1v) is 7.47. The predicted molar refractivity (Wildman–Crippen MR) is 85.9 cm³/mol. The number of hydrogen-bond donors (Lipinski definition) is 1. The maximum Gasteiger partial charge on any atom is 0.00965 e. The Morgan fingerprint density at radius 2 is 1.47 bits per heavy atom. The first-order chi connectivity index (χ1) is 8.62. The summed E-state index contributed by atoms with van der Waals surface area (Å²) in [4.78, 5) is 0. The molecule has 19 heavy (non-hydrogen) atoms. The SMILES string of the molecule is CC(C)c1ccc(C(C)(C)CCNC(C)(C)C)cc1. The standard InChI is InChI=1S/C18H31N/c1-14(2)15-8-10-16(11-9-15)18(6,7)12-13-19-17(3,4)5/h8-11,14,19H,12-13H2,1-7H3. The van der Waals surface area contributed by atoms with Crippen LogP contribution in [0.2, 0.25) is 0 Å². The molecule has 0 amide bonds. The fourth-order valence-electron chi connectivity index (χ4n) is 2.21. The van der Waals surface area contributed by atoms with Gasteiger partial charge in [0.25, 0.3) is 0 Å². The molecule has 0 heterocycles. The number of nitrogens with one attached hydrogen (secondary N) is 1. The Balaban J connectivity index is 2.66. The van der Waals surface area contributed by atoms with Gasteiger partial charge in [-0.2, -0.15) is 0 Å². The lowest BCUT2D eigenvalue weighted by Crippen LogP contribution is -2.38. The summed E-state index contributed by atoms with van der Waals surface area (Å²) >= 11 is 0. The number of hydrogen-bond acceptors (Lipinski definition) is 1. The van der Waals surface area contributed by atoms with Gasteiger partial charge in [-0.05, 0) is 56.2 Å². The van der Waals surface area contributed by atoms with Crippen LogP contribution in [0.5, 0.6) is 0 Å². The van der Waals surface area contributed by atoms with Gasteiger partial charge in [-0.1, -0.05) is 52.0 Å². The van der Waals surface area contributed by atoms with Crippen molar-refractivity contribution in [2.75, 3.05) is 6.54 Å². The van der Waals surface area contributed by atoms with E-state index in [-0.39, 0.29) is 11.0 Å². The molecule has 1 heteroatoms. The zero-order valence-corrected chi connectivity index (χ0v) is 13.8. The summed E-state index contributed by atoms with van der Waals surface area (Å²) < 4.78 is 0. The molecular weight excluding hydrogens is 230 g/mol. The molecular formula is C18H31N. The fraction of sp³-hybridized carbons (Fsp3) is 0.667. The molecule has 0 fully saturated rings. The van der Waals surface area contributed by atoms with Crippen LogP contribution in [0, 0.1) is 0 Å². The Bertz CT molecular complexity index is 379. The Labute approximate surface area is 119 Å². The minimum Gasteiger partial charge on any atom is -0.312 e. The van der Waals surface area contributed by atoms with Crippen LogP contribution in [0.15, 0.2) is 24.3 Å². The first-order valence-electron chi connectivity index (χ1n) is 7.47. The highest BCUT2D eigenvalue weighted by Gasteiger charge is 2.21. The van der Waals surface area contributed by atoms with Crippen molar-refractivity contribution in [2.45, 2.75) is 71.8 Å². The van der Waals surface area contributed by atoms with Gasteiger partial charge in [0.15, 0.2) is 0 Å². The molecule has 0 bridgehead atoms. The highest BCUT2D eigenvalue weighted by Crippen LogP contribution is 2.28. The van der Waals surface area contributed by atoms with E-state index in [4.69, 9.17) is 0 Å². The molecule has 108 valence electrons. The van der Waals surface area contributed by atoms with Crippen LogP contribution < -0.4 is 5.32 Å². The van der Waals surface area contributed by atoms with Crippen LogP contribution >= 0.6 is 0 Å². The maximum atomic E-state index is 3.58. The molecule has 0 aliphatic heterocycles. The number of benzene rings is 1. The molecule has 0 saturated carbocycles. The number of rotatable bonds is 5. The Morgan fingerprint density at radius 3 is 1.89 bits per heavy atom. The molecule has 1 rings (SSSR count). The minimum atomic E-state index is 0.206. The van der Waals surface area contributed by atoms with E-state index < -0.39 is 0 Å². The summed E-state index contributed by atoms with van der Waals surface area (Å²) in [5.41, 5.74) is 3.30. The molecule has 0 aromatic heterocycles. The van der Waals surface area contributed by atoms with Gasteiger partial charge in [-0.25, -0.2) is 0 Å². The Hall–Kier alpha value is -0.820. The van der Waals surface area contributed by atoms with Crippen LogP contribution in [0.25, 0.3) is 0 Å². The quantitative estimate of drug-likeness (QED) is 0.797. The van der Waals surface area contributed by atoms with Crippen LogP contribution in [0.4, 0.5) is 0 Å². The van der Waals surface area contributed by atoms with Gasteiger partial charge in [0, 0.05) is 5.54 Å². The van der Waals surface area contributed by atoms with E-state index in [1.54, 1.807) is 0 Å². The second kappa shape index (κ2) is 6.09. The van der Waals surface area contributed by atoms with Crippen molar-refractivity contribution in [2.24, 2.45) is 0 Å². The molecule has 1 aromatic carbocycles. The highest BCUT2D eigenvalue weighted by atomic mass is 14.9. The Morgan fingerprint density at radius 1 is 0.947 bits per heavy atom. The smallest absolute Gasteiger partial charge is 0.00965 e. The van der Waals surface area contributed by atoms with E-state index in [1.165, 1.54) is 11.1 Å². The minimum absolute atomic E-state index is 0.206. The van der Waals surface area contributed by atoms with Crippen molar-refractivity contribution < 1.29 is 0 Å². The largest absolute Gasteiger partial charge is 0.312 e. The highest BCUT2D eigenvalue weighted by molar-refractivity contribution is 5.29. The van der Waals surface area contributed by atoms with E-state index in [0.717, 1.165) is 13.0 Å². The normalized spacial score (nSPS) is 13.1. The summed E-state index contributed by atoms with van der Waals surface area (Å²) in [6.45, 7) is 16.9. The van der Waals surface area contributed by atoms with Crippen molar-refractivity contribution in [1.82, 2.24) is 5.32 Å². The van der Waals surface area contributed by atoms with Crippen LogP contribution in [-0.2, 0) is 5.41 Å². The zero-order valence-electron chi connectivity index (χ0n) is 13.8. The lowest BCUT2D eigenvalue weighted by Gasteiger charge is -2.28. The molecule has 0 radical (unpaired) electrons. The summed E-state index contributed by atoms with van der Waals surface area (Å²) in [7, 11) is 0. The molecule has 0 aliphatic rings. The van der Waals surface area contributed by atoms with Gasteiger partial charge in [-0.15, -0.1) is 0 Å². The topological polar surface area (TPSA) is 12.0 Å². The molecule has 1 nitrogen and oxygen atoms in total. The molecule has 0 saturated heterocycles. The van der Waals surface area contributed by atoms with E-state index in [0.29, 0.717) is 5.92 Å². The van der Waals surface area contributed by atoms with E-state index in [9.17, 15) is 0 Å². The third kappa shape index (κ3) is 5.36. The van der Waals surface area contributed by atoms with Crippen LogP contribution in [0.3, 0.4) is 0 Å². The second-order valence-electron chi connectivity index (χ2n) is 7.59. The fourth-order valence-corrected chi connectivity index (χ4v) is 2.21. The second-order valence-corrected chi connectivity index (χ2v) is 7.59. The van der Waals surface area contributed by atoms with Gasteiger partial charge in [-0.3, -0.25) is 0 Å². The van der Waals surface area contributed by atoms with Gasteiger partial charge in [0.05, 0.1) is 0 Å². The van der Waals surface area contributed by atoms with E-state index >= 15 is 0 Å². The monoisotopic (exact) mass is 261 g/mol. The van der Waals surface area contributed by atoms with Gasteiger partial charge in [0.1, 0.15) is 0 Å². The summed E-state index contributed by atoms with van der Waals surface area (Å²) in [5, 5.41) is 3.58. The van der Waals surface area contributed by atoms with Crippen molar-refractivity contribution in [1.29, 1.82) is 0 Å². The third-order valence-corrected chi connectivity index (χ3v) is 3.76. The van der Waals surface area contributed by atoms with Gasteiger partial charge in [0.2, 0.25) is 0 Å². The molecule has 0 spiro atoms. The Kier molecular flexibility index (Phi) is 5.20. The van der Waals surface area contributed by atoms with Crippen molar-refractivity contribution in [3.63, 3.8) is 0 Å². The van der Waals surface area contributed by atoms with E-state index in [1.807, 2.05) is 0 Å². The molecule has 1 aromatic rings. The summed E-state index contributed by atoms with van der Waals surface area (Å²) in [5.74, 6) is 0.611. The summed E-state index contributed by atoms with van der Waals surface area (Å²) in [6, 6.07) is 9.15. The third-order valence-electron chi connectivity index (χ3n) is 3.76. The first kappa shape index (κ1) is 16.2. The van der Waals surface area contributed by atoms with E-state index in [2.05, 4.69) is 78.0 Å². The molecule has 0 atom stereocenters. The average molecular weight is 261 g/mol. The van der Waals surface area contributed by atoms with Gasteiger partial charge >= 0.3 is 0 Å². The van der Waals surface area contributed by atoms with Crippen molar-refractivity contribution in [3.8, 4) is 0 Å². The van der Waals surface area contributed by atoms with Crippen LogP contribution in [0.1, 0.15) is 71.9 Å². The van der Waals surface area contributed by atoms with Crippen LogP contribution in [-0.4, -0.2) is 12.1 Å². The van der Waals surface area contributed by atoms with Gasteiger partial charge < -0.3 is 5.32 Å². The maximum absolute atomic E-state index is 3.58. The van der Waals surface area contributed by atoms with Crippen molar-refractivity contribution >= 4 is 0 Å². The molecule has 0 unspecified atom stereocenters. The zero-order chi connectivity index (χ0) is 14.7. The average Bonchev–Trinajstić information content (AvgIpc) is 2.27. The summed E-state index contributed by atoms with van der Waals surface area (Å²) in [6.07, 6.45) is 1.16. The lowest BCUT2D eigenvalue weighted by molar-refractivity contribution is 0.379. The lowest BCUT2D eigenvalue weighted by atomic mass is 9.80. The molecule has 1 N–H and O–H groups in total.